The molecule has 6 nitrogen and oxygen atoms in total. The van der Waals surface area contributed by atoms with E-state index in [0.717, 1.165) is 12.5 Å². The molecule has 0 aromatic heterocycles. The van der Waals surface area contributed by atoms with Gasteiger partial charge in [0.15, 0.2) is 0 Å². The summed E-state index contributed by atoms with van der Waals surface area (Å²) in [5.41, 5.74) is -0.112. The molecule has 0 radical (unpaired) electrons. The molecule has 0 bridgehead atoms. The van der Waals surface area contributed by atoms with Crippen molar-refractivity contribution in [3.8, 4) is 0 Å². The summed E-state index contributed by atoms with van der Waals surface area (Å²) in [6.45, 7) is 5.94. The summed E-state index contributed by atoms with van der Waals surface area (Å²) >= 11 is 0. The normalized spacial score (nSPS) is 11.2. The van der Waals surface area contributed by atoms with Crippen molar-refractivity contribution in [1.82, 2.24) is 0 Å². The first-order valence-corrected chi connectivity index (χ1v) is 5.96. The second-order valence-corrected chi connectivity index (χ2v) is 4.99. The van der Waals surface area contributed by atoms with Crippen LogP contribution < -0.4 is 4.90 Å². The van der Waals surface area contributed by atoms with Crippen molar-refractivity contribution in [2.75, 3.05) is 11.9 Å². The van der Waals surface area contributed by atoms with E-state index in [0.29, 0.717) is 5.69 Å². The Morgan fingerprint density at radius 2 is 2.05 bits per heavy atom. The molecular formula is C13H18N2O4. The number of nitro groups is 1. The van der Waals surface area contributed by atoms with Crippen molar-refractivity contribution >= 4 is 17.3 Å². The lowest BCUT2D eigenvalue weighted by molar-refractivity contribution is -0.384. The van der Waals surface area contributed by atoms with Gasteiger partial charge in [-0.2, -0.15) is 0 Å². The van der Waals surface area contributed by atoms with E-state index in [1.54, 1.807) is 11.9 Å². The fraction of sp³-hybridized carbons (Fsp3) is 0.462. The third-order valence-corrected chi connectivity index (χ3v) is 3.55. The van der Waals surface area contributed by atoms with Crippen molar-refractivity contribution < 1.29 is 14.8 Å². The molecule has 1 aromatic carbocycles. The van der Waals surface area contributed by atoms with Crippen LogP contribution >= 0.6 is 0 Å². The lowest BCUT2D eigenvalue weighted by atomic mass is 9.98. The van der Waals surface area contributed by atoms with Crippen molar-refractivity contribution in [3.63, 3.8) is 0 Å². The Hall–Kier alpha value is -2.11. The first kappa shape index (κ1) is 14.9. The molecule has 1 aromatic rings. The van der Waals surface area contributed by atoms with Crippen LogP contribution in [0.4, 0.5) is 11.4 Å². The number of nitrogens with zero attached hydrogens (tertiary/aromatic N) is 2. The molecule has 0 aliphatic carbocycles. The van der Waals surface area contributed by atoms with Crippen LogP contribution in [0.2, 0.25) is 0 Å². The Labute approximate surface area is 111 Å². The van der Waals surface area contributed by atoms with Crippen LogP contribution in [-0.2, 0) is 0 Å². The van der Waals surface area contributed by atoms with Gasteiger partial charge in [0, 0.05) is 18.7 Å². The summed E-state index contributed by atoms with van der Waals surface area (Å²) in [5, 5.41) is 20.0. The number of benzene rings is 1. The molecule has 19 heavy (non-hydrogen) atoms. The van der Waals surface area contributed by atoms with Gasteiger partial charge in [-0.1, -0.05) is 6.92 Å². The van der Waals surface area contributed by atoms with Gasteiger partial charge in [0.1, 0.15) is 5.69 Å². The van der Waals surface area contributed by atoms with E-state index >= 15 is 0 Å². The first-order chi connectivity index (χ1) is 8.70. The van der Waals surface area contributed by atoms with Crippen molar-refractivity contribution in [3.05, 3.63) is 33.9 Å². The number of anilines is 1. The second kappa shape index (κ2) is 5.26. The molecule has 1 N–H and O–H groups in total. The van der Waals surface area contributed by atoms with Crippen molar-refractivity contribution in [2.45, 2.75) is 32.7 Å². The first-order valence-electron chi connectivity index (χ1n) is 5.96. The molecule has 0 aliphatic rings. The van der Waals surface area contributed by atoms with Crippen LogP contribution in [0.3, 0.4) is 0 Å². The molecule has 1 rings (SSSR count). The van der Waals surface area contributed by atoms with Crippen LogP contribution in [-0.4, -0.2) is 28.6 Å². The molecule has 0 aliphatic heterocycles. The SMILES string of the molecule is CCC(C)(C)N(C)c1ccc(C(=O)O)cc1[N+](=O)[O-]. The third kappa shape index (κ3) is 3.01. The molecule has 6 heteroatoms. The van der Waals surface area contributed by atoms with Crippen LogP contribution in [0, 0.1) is 10.1 Å². The topological polar surface area (TPSA) is 83.7 Å². The van der Waals surface area contributed by atoms with Crippen LogP contribution in [0.25, 0.3) is 0 Å². The van der Waals surface area contributed by atoms with Crippen LogP contribution in [0.1, 0.15) is 37.6 Å². The minimum absolute atomic E-state index is 0.0850. The highest BCUT2D eigenvalue weighted by molar-refractivity contribution is 5.89. The molecule has 0 saturated heterocycles. The standard InChI is InChI=1S/C13H18N2O4/c1-5-13(2,3)14(4)10-7-6-9(12(16)17)8-11(10)15(18)19/h6-8H,5H2,1-4H3,(H,16,17). The quantitative estimate of drug-likeness (QED) is 0.654. The highest BCUT2D eigenvalue weighted by atomic mass is 16.6. The largest absolute Gasteiger partial charge is 0.478 e. The lowest BCUT2D eigenvalue weighted by Gasteiger charge is -2.36. The summed E-state index contributed by atoms with van der Waals surface area (Å²) in [5.74, 6) is -1.17. The summed E-state index contributed by atoms with van der Waals surface area (Å²) in [4.78, 5) is 23.2. The van der Waals surface area contributed by atoms with Crippen LogP contribution in [0.5, 0.6) is 0 Å². The fourth-order valence-electron chi connectivity index (χ4n) is 1.65. The summed E-state index contributed by atoms with van der Waals surface area (Å²) in [6.07, 6.45) is 0.807. The molecule has 0 unspecified atom stereocenters. The Morgan fingerprint density at radius 1 is 1.47 bits per heavy atom. The molecular weight excluding hydrogens is 248 g/mol. The summed E-state index contributed by atoms with van der Waals surface area (Å²) in [7, 11) is 1.77. The minimum Gasteiger partial charge on any atom is -0.478 e. The maximum atomic E-state index is 11.1. The number of carboxylic acid groups (broad SMARTS) is 1. The van der Waals surface area contributed by atoms with E-state index in [9.17, 15) is 14.9 Å². The Morgan fingerprint density at radius 3 is 2.47 bits per heavy atom. The maximum absolute atomic E-state index is 11.1. The van der Waals surface area contributed by atoms with E-state index in [1.807, 2.05) is 20.8 Å². The number of carboxylic acids is 1. The number of rotatable bonds is 5. The number of hydrogen-bond donors (Lipinski definition) is 1. The van der Waals surface area contributed by atoms with Gasteiger partial charge in [0.25, 0.3) is 5.69 Å². The van der Waals surface area contributed by atoms with Crippen molar-refractivity contribution in [1.29, 1.82) is 0 Å². The summed E-state index contributed by atoms with van der Waals surface area (Å²) < 4.78 is 0. The maximum Gasteiger partial charge on any atom is 0.335 e. The molecule has 0 amide bonds. The molecule has 104 valence electrons. The van der Waals surface area contributed by atoms with E-state index in [1.165, 1.54) is 12.1 Å². The molecule has 0 heterocycles. The summed E-state index contributed by atoms with van der Waals surface area (Å²) in [6, 6.07) is 3.96. The zero-order valence-electron chi connectivity index (χ0n) is 11.5. The van der Waals surface area contributed by atoms with Gasteiger partial charge in [-0.05, 0) is 32.4 Å². The average molecular weight is 266 g/mol. The van der Waals surface area contributed by atoms with E-state index in [-0.39, 0.29) is 16.8 Å². The number of carbonyl (C=O) groups is 1. The minimum atomic E-state index is -1.17. The van der Waals surface area contributed by atoms with E-state index in [2.05, 4.69) is 0 Å². The highest BCUT2D eigenvalue weighted by Crippen LogP contribution is 2.33. The number of aromatic carboxylic acids is 1. The van der Waals surface area contributed by atoms with Gasteiger partial charge in [0.05, 0.1) is 10.5 Å². The van der Waals surface area contributed by atoms with Crippen LogP contribution in [0.15, 0.2) is 18.2 Å². The zero-order chi connectivity index (χ0) is 14.8. The predicted octanol–water partition coefficient (Wildman–Crippen LogP) is 2.92. The van der Waals surface area contributed by atoms with E-state index in [4.69, 9.17) is 5.11 Å². The Kier molecular flexibility index (Phi) is 4.14. The van der Waals surface area contributed by atoms with Gasteiger partial charge in [-0.15, -0.1) is 0 Å². The highest BCUT2D eigenvalue weighted by Gasteiger charge is 2.28. The molecule has 0 spiro atoms. The van der Waals surface area contributed by atoms with Gasteiger partial charge in [-0.25, -0.2) is 4.79 Å². The van der Waals surface area contributed by atoms with Gasteiger partial charge < -0.3 is 10.0 Å². The monoisotopic (exact) mass is 266 g/mol. The average Bonchev–Trinajstić information content (AvgIpc) is 2.36. The van der Waals surface area contributed by atoms with Gasteiger partial charge in [0.2, 0.25) is 0 Å². The fourth-order valence-corrected chi connectivity index (χ4v) is 1.65. The van der Waals surface area contributed by atoms with E-state index < -0.39 is 10.9 Å². The van der Waals surface area contributed by atoms with Gasteiger partial charge in [-0.3, -0.25) is 10.1 Å². The van der Waals surface area contributed by atoms with Gasteiger partial charge >= 0.3 is 5.97 Å². The molecule has 0 saturated carbocycles. The zero-order valence-corrected chi connectivity index (χ0v) is 11.5. The number of nitro benzene ring substituents is 1. The smallest absolute Gasteiger partial charge is 0.335 e. The lowest BCUT2D eigenvalue weighted by Crippen LogP contribution is -2.40. The third-order valence-electron chi connectivity index (χ3n) is 3.55. The Bertz CT molecular complexity index is 511. The Balaban J connectivity index is 3.36. The van der Waals surface area contributed by atoms with Crippen molar-refractivity contribution in [2.24, 2.45) is 0 Å². The second-order valence-electron chi connectivity index (χ2n) is 4.99. The number of hydrogen-bond acceptors (Lipinski definition) is 4. The molecule has 0 fully saturated rings. The predicted molar refractivity (Wildman–Crippen MR) is 72.8 cm³/mol. The molecule has 0 atom stereocenters.